The summed E-state index contributed by atoms with van der Waals surface area (Å²) in [6.07, 6.45) is -4.93. The summed E-state index contributed by atoms with van der Waals surface area (Å²) in [7, 11) is 0. The number of anilines is 1. The second-order valence-corrected chi connectivity index (χ2v) is 3.80. The Hall–Kier alpha value is -0.950. The maximum absolute atomic E-state index is 12.1. The Morgan fingerprint density at radius 2 is 2.00 bits per heavy atom. The molecule has 0 aliphatic rings. The summed E-state index contributed by atoms with van der Waals surface area (Å²) >= 11 is 7.90. The van der Waals surface area contributed by atoms with E-state index in [0.29, 0.717) is 0 Å². The lowest BCUT2D eigenvalue weighted by Gasteiger charge is -2.14. The highest BCUT2D eigenvalue weighted by atomic mass is 79.9. The lowest BCUT2D eigenvalue weighted by Crippen LogP contribution is -2.19. The zero-order valence-electron chi connectivity index (χ0n) is 7.44. The van der Waals surface area contributed by atoms with Gasteiger partial charge >= 0.3 is 6.36 Å². The highest BCUT2D eigenvalue weighted by Crippen LogP contribution is 2.38. The van der Waals surface area contributed by atoms with E-state index < -0.39 is 22.9 Å². The van der Waals surface area contributed by atoms with Crippen LogP contribution in [0.15, 0.2) is 16.6 Å². The molecule has 1 aromatic rings. The number of rotatable bonds is 2. The van der Waals surface area contributed by atoms with Crippen LogP contribution in [-0.2, 0) is 0 Å². The average Bonchev–Trinajstić information content (AvgIpc) is 2.10. The van der Waals surface area contributed by atoms with Gasteiger partial charge in [-0.15, -0.1) is 13.2 Å². The van der Waals surface area contributed by atoms with Gasteiger partial charge in [-0.3, -0.25) is 4.79 Å². The zero-order valence-corrected chi connectivity index (χ0v) is 9.78. The molecule has 0 atom stereocenters. The van der Waals surface area contributed by atoms with Crippen LogP contribution in [0.3, 0.4) is 0 Å². The van der Waals surface area contributed by atoms with E-state index in [-0.39, 0.29) is 10.2 Å². The predicted octanol–water partition coefficient (Wildman–Crippen LogP) is 3.31. The van der Waals surface area contributed by atoms with E-state index in [9.17, 15) is 18.0 Å². The van der Waals surface area contributed by atoms with Gasteiger partial charge in [-0.25, -0.2) is 0 Å². The fraction of sp³-hybridized carbons (Fsp3) is 0.125. The second-order valence-electron chi connectivity index (χ2n) is 2.67. The molecule has 1 rings (SSSR count). The summed E-state index contributed by atoms with van der Waals surface area (Å²) in [5.41, 5.74) is 4.94. The van der Waals surface area contributed by atoms with Crippen LogP contribution in [0.4, 0.5) is 18.9 Å². The summed E-state index contributed by atoms with van der Waals surface area (Å²) in [5, 5.41) is -1.07. The first kappa shape index (κ1) is 13.1. The van der Waals surface area contributed by atoms with Crippen molar-refractivity contribution in [1.29, 1.82) is 0 Å². The quantitative estimate of drug-likeness (QED) is 0.672. The largest absolute Gasteiger partial charge is 0.573 e. The molecule has 0 bridgehead atoms. The number of alkyl halides is 3. The molecular formula is C8H4BrClF3NO2. The van der Waals surface area contributed by atoms with Crippen LogP contribution >= 0.6 is 27.5 Å². The highest BCUT2D eigenvalue weighted by Gasteiger charge is 2.34. The Labute approximate surface area is 101 Å². The topological polar surface area (TPSA) is 52.3 Å². The number of carbonyl (C=O) groups excluding carboxylic acids is 1. The van der Waals surface area contributed by atoms with Gasteiger partial charge in [-0.2, -0.15) is 0 Å². The summed E-state index contributed by atoms with van der Waals surface area (Å²) in [6.45, 7) is 0. The van der Waals surface area contributed by atoms with E-state index in [0.717, 1.165) is 6.07 Å². The summed E-state index contributed by atoms with van der Waals surface area (Å²) in [4.78, 5) is 10.9. The van der Waals surface area contributed by atoms with Gasteiger partial charge < -0.3 is 10.5 Å². The first-order valence-electron chi connectivity index (χ1n) is 3.76. The van der Waals surface area contributed by atoms with Crippen LogP contribution in [0.1, 0.15) is 10.4 Å². The summed E-state index contributed by atoms with van der Waals surface area (Å²) in [6, 6.07) is 2.29. The molecule has 0 saturated heterocycles. The van der Waals surface area contributed by atoms with Crippen LogP contribution in [0.2, 0.25) is 0 Å². The predicted molar refractivity (Wildman–Crippen MR) is 55.4 cm³/mol. The molecule has 0 heterocycles. The van der Waals surface area contributed by atoms with Crippen LogP contribution in [0.25, 0.3) is 0 Å². The van der Waals surface area contributed by atoms with Crippen molar-refractivity contribution in [3.8, 4) is 5.75 Å². The van der Waals surface area contributed by atoms with Gasteiger partial charge in [0.15, 0.2) is 5.75 Å². The Morgan fingerprint density at radius 3 is 2.44 bits per heavy atom. The number of halogens is 5. The first-order chi connectivity index (χ1) is 7.22. The first-order valence-corrected chi connectivity index (χ1v) is 4.93. The van der Waals surface area contributed by atoms with Gasteiger partial charge in [0.05, 0.1) is 10.0 Å². The minimum absolute atomic E-state index is 0.000849. The van der Waals surface area contributed by atoms with Crippen LogP contribution in [-0.4, -0.2) is 11.6 Å². The van der Waals surface area contributed by atoms with Crippen molar-refractivity contribution in [3.05, 3.63) is 22.2 Å². The van der Waals surface area contributed by atoms with Crippen LogP contribution in [0, 0.1) is 0 Å². The molecule has 0 saturated carbocycles. The van der Waals surface area contributed by atoms with Gasteiger partial charge in [0.25, 0.3) is 5.24 Å². The molecule has 0 aliphatic carbocycles. The van der Waals surface area contributed by atoms with Gasteiger partial charge in [-0.05, 0) is 39.7 Å². The van der Waals surface area contributed by atoms with E-state index in [2.05, 4.69) is 20.7 Å². The van der Waals surface area contributed by atoms with E-state index >= 15 is 0 Å². The molecule has 0 spiro atoms. The molecular weight excluding hydrogens is 314 g/mol. The standard InChI is InChI=1S/C8H4BrClF3NO2/c9-5-4(14)2-1-3(7(10)15)6(5)16-8(11,12)13/h1-2H,14H2. The normalized spacial score (nSPS) is 11.3. The molecule has 3 nitrogen and oxygen atoms in total. The van der Waals surface area contributed by atoms with Gasteiger partial charge in [-0.1, -0.05) is 0 Å². The number of carbonyl (C=O) groups is 1. The van der Waals surface area contributed by atoms with Crippen molar-refractivity contribution >= 4 is 38.5 Å². The smallest absolute Gasteiger partial charge is 0.404 e. The van der Waals surface area contributed by atoms with Gasteiger partial charge in [0, 0.05) is 5.69 Å². The minimum Gasteiger partial charge on any atom is -0.404 e. The van der Waals surface area contributed by atoms with Crippen molar-refractivity contribution in [2.75, 3.05) is 5.73 Å². The van der Waals surface area contributed by atoms with Crippen molar-refractivity contribution < 1.29 is 22.7 Å². The van der Waals surface area contributed by atoms with Crippen LogP contribution in [0.5, 0.6) is 5.75 Å². The van der Waals surface area contributed by atoms with Crippen LogP contribution < -0.4 is 10.5 Å². The van der Waals surface area contributed by atoms with Gasteiger partial charge in [0.1, 0.15) is 0 Å². The third kappa shape index (κ3) is 3.02. The third-order valence-corrected chi connectivity index (χ3v) is 2.58. The second kappa shape index (κ2) is 4.50. The molecule has 88 valence electrons. The lowest BCUT2D eigenvalue weighted by atomic mass is 10.2. The fourth-order valence-corrected chi connectivity index (χ4v) is 1.52. The van der Waals surface area contributed by atoms with E-state index in [1.165, 1.54) is 6.07 Å². The molecule has 8 heteroatoms. The molecule has 1 aromatic carbocycles. The number of benzene rings is 1. The number of ether oxygens (including phenoxy) is 1. The zero-order chi connectivity index (χ0) is 12.5. The van der Waals surface area contributed by atoms with Crippen molar-refractivity contribution in [2.45, 2.75) is 6.36 Å². The van der Waals surface area contributed by atoms with Gasteiger partial charge in [0.2, 0.25) is 0 Å². The summed E-state index contributed by atoms with van der Waals surface area (Å²) in [5.74, 6) is -0.743. The van der Waals surface area contributed by atoms with Crippen molar-refractivity contribution in [3.63, 3.8) is 0 Å². The van der Waals surface area contributed by atoms with E-state index in [4.69, 9.17) is 17.3 Å². The number of hydrogen-bond donors (Lipinski definition) is 1. The lowest BCUT2D eigenvalue weighted by molar-refractivity contribution is -0.274. The SMILES string of the molecule is Nc1ccc(C(=O)Cl)c(OC(F)(F)F)c1Br. The molecule has 0 fully saturated rings. The molecule has 2 N–H and O–H groups in total. The Morgan fingerprint density at radius 1 is 1.44 bits per heavy atom. The Bertz CT molecular complexity index is 436. The van der Waals surface area contributed by atoms with Crippen molar-refractivity contribution in [2.24, 2.45) is 0 Å². The molecule has 0 radical (unpaired) electrons. The minimum atomic E-state index is -4.93. The number of nitrogens with two attached hydrogens (primary N) is 1. The maximum atomic E-state index is 12.1. The highest BCUT2D eigenvalue weighted by molar-refractivity contribution is 9.10. The number of nitrogen functional groups attached to an aromatic ring is 1. The summed E-state index contributed by atoms with van der Waals surface area (Å²) < 4.78 is 39.7. The molecule has 0 aliphatic heterocycles. The Balaban J connectivity index is 3.32. The molecule has 0 aromatic heterocycles. The average molecular weight is 318 g/mol. The van der Waals surface area contributed by atoms with E-state index in [1.807, 2.05) is 0 Å². The molecule has 0 amide bonds. The fourth-order valence-electron chi connectivity index (χ4n) is 0.942. The monoisotopic (exact) mass is 317 g/mol. The third-order valence-electron chi connectivity index (χ3n) is 1.56. The van der Waals surface area contributed by atoms with E-state index in [1.54, 1.807) is 0 Å². The van der Waals surface area contributed by atoms with Crippen molar-refractivity contribution in [1.82, 2.24) is 0 Å². The molecule has 0 unspecified atom stereocenters. The maximum Gasteiger partial charge on any atom is 0.573 e. The number of hydrogen-bond acceptors (Lipinski definition) is 3. The Kier molecular flexibility index (Phi) is 3.69. The molecule has 16 heavy (non-hydrogen) atoms.